The number of nitrogens with one attached hydrogen (secondary N) is 1. The summed E-state index contributed by atoms with van der Waals surface area (Å²) in [7, 11) is 0. The molecule has 8 heteroatoms. The Morgan fingerprint density at radius 2 is 1.69 bits per heavy atom. The highest BCUT2D eigenvalue weighted by molar-refractivity contribution is 5.91. The summed E-state index contributed by atoms with van der Waals surface area (Å²) in [6.07, 6.45) is 1.40. The smallest absolute Gasteiger partial charge is 0.273 e. The van der Waals surface area contributed by atoms with Crippen LogP contribution in [0, 0.1) is 0 Å². The molecule has 1 N–H and O–H groups in total. The molecule has 5 rings (SSSR count). The number of para-hydroxylation sites is 1. The summed E-state index contributed by atoms with van der Waals surface area (Å²) in [5, 5.41) is 2.74. The van der Waals surface area contributed by atoms with Crippen molar-refractivity contribution in [2.24, 2.45) is 0 Å². The van der Waals surface area contributed by atoms with Crippen LogP contribution in [0.5, 0.6) is 23.0 Å². The monoisotopic (exact) mass is 485 g/mol. The highest BCUT2D eigenvalue weighted by Crippen LogP contribution is 2.33. The lowest BCUT2D eigenvalue weighted by atomic mass is 10.1. The van der Waals surface area contributed by atoms with Crippen molar-refractivity contribution in [3.05, 3.63) is 102 Å². The Hall–Kier alpha value is -4.30. The first kappa shape index (κ1) is 23.4. The lowest BCUT2D eigenvalue weighted by Crippen LogP contribution is -2.24. The topological polar surface area (TPSA) is 86.1 Å². The molecule has 1 amide bonds. The summed E-state index contributed by atoms with van der Waals surface area (Å²) >= 11 is 0. The van der Waals surface area contributed by atoms with Gasteiger partial charge in [0.2, 0.25) is 12.7 Å². The Morgan fingerprint density at radius 1 is 0.917 bits per heavy atom. The van der Waals surface area contributed by atoms with Crippen LogP contribution in [0.3, 0.4) is 0 Å². The summed E-state index contributed by atoms with van der Waals surface area (Å²) in [6.45, 7) is 4.26. The van der Waals surface area contributed by atoms with Crippen molar-refractivity contribution in [2.45, 2.75) is 26.6 Å². The van der Waals surface area contributed by atoms with Crippen LogP contribution in [0.1, 0.15) is 34.4 Å². The molecule has 3 aromatic carbocycles. The summed E-state index contributed by atoms with van der Waals surface area (Å²) < 4.78 is 22.6. The van der Waals surface area contributed by atoms with Crippen molar-refractivity contribution in [2.75, 3.05) is 13.3 Å². The van der Waals surface area contributed by atoms with E-state index in [1.54, 1.807) is 0 Å². The number of amides is 1. The third kappa shape index (κ3) is 5.84. The van der Waals surface area contributed by atoms with Crippen molar-refractivity contribution in [3.8, 4) is 23.0 Å². The fourth-order valence-corrected chi connectivity index (χ4v) is 3.99. The fourth-order valence-electron chi connectivity index (χ4n) is 3.99. The molecule has 0 saturated carbocycles. The molecule has 8 nitrogen and oxygen atoms in total. The normalized spacial score (nSPS) is 12.1. The lowest BCUT2D eigenvalue weighted by Gasteiger charge is -2.21. The van der Waals surface area contributed by atoms with Crippen LogP contribution in [0.4, 0.5) is 0 Å². The maximum atomic E-state index is 12.1. The van der Waals surface area contributed by atoms with Gasteiger partial charge in [-0.05, 0) is 54.4 Å². The molecule has 0 aliphatic carbocycles. The largest absolute Gasteiger partial charge is 0.457 e. The zero-order chi connectivity index (χ0) is 24.7. The van der Waals surface area contributed by atoms with Gasteiger partial charge in [0.25, 0.3) is 5.91 Å². The van der Waals surface area contributed by atoms with Crippen LogP contribution >= 0.6 is 0 Å². The molecule has 1 aromatic heterocycles. The number of benzene rings is 3. The summed E-state index contributed by atoms with van der Waals surface area (Å²) in [6, 6.07) is 23.6. The number of hydrogen-bond donors (Lipinski definition) is 1. The predicted octanol–water partition coefficient (Wildman–Crippen LogP) is 5.15. The Labute approximate surface area is 209 Å². The zero-order valence-electron chi connectivity index (χ0n) is 20.0. The third-order valence-electron chi connectivity index (χ3n) is 5.61. The van der Waals surface area contributed by atoms with Crippen LogP contribution in [0.15, 0.2) is 83.5 Å². The molecule has 1 aliphatic heterocycles. The maximum Gasteiger partial charge on any atom is 0.273 e. The first-order valence-corrected chi connectivity index (χ1v) is 11.8. The summed E-state index contributed by atoms with van der Waals surface area (Å²) in [5.41, 5.74) is 2.40. The molecule has 0 unspecified atom stereocenters. The van der Waals surface area contributed by atoms with Crippen LogP contribution in [-0.2, 0) is 19.6 Å². The minimum atomic E-state index is -0.249. The van der Waals surface area contributed by atoms with Gasteiger partial charge in [-0.25, -0.2) is 4.98 Å². The van der Waals surface area contributed by atoms with Crippen molar-refractivity contribution < 1.29 is 23.4 Å². The third-order valence-corrected chi connectivity index (χ3v) is 5.61. The number of aromatic nitrogens is 1. The summed E-state index contributed by atoms with van der Waals surface area (Å²) in [5.74, 6) is 3.24. The average Bonchev–Trinajstić information content (AvgIpc) is 3.54. The molecule has 0 bridgehead atoms. The second-order valence-corrected chi connectivity index (χ2v) is 8.38. The van der Waals surface area contributed by atoms with Gasteiger partial charge in [-0.2, -0.15) is 0 Å². The molecule has 0 spiro atoms. The highest BCUT2D eigenvalue weighted by atomic mass is 16.7. The fraction of sp³-hybridized carbons (Fsp3) is 0.214. The number of carbonyl (C=O) groups excluding carboxylic acids is 1. The number of oxazole rings is 1. The maximum absolute atomic E-state index is 12.1. The van der Waals surface area contributed by atoms with E-state index in [4.69, 9.17) is 18.6 Å². The van der Waals surface area contributed by atoms with E-state index in [0.29, 0.717) is 32.1 Å². The molecule has 2 heterocycles. The zero-order valence-corrected chi connectivity index (χ0v) is 20.0. The molecule has 0 saturated heterocycles. The van der Waals surface area contributed by atoms with E-state index in [9.17, 15) is 4.79 Å². The second-order valence-electron chi connectivity index (χ2n) is 8.38. The van der Waals surface area contributed by atoms with E-state index in [2.05, 4.69) is 21.3 Å². The van der Waals surface area contributed by atoms with E-state index in [-0.39, 0.29) is 18.4 Å². The molecule has 4 aromatic rings. The minimum Gasteiger partial charge on any atom is -0.457 e. The number of ether oxygens (including phenoxy) is 3. The number of carbonyl (C=O) groups is 1. The molecular weight excluding hydrogens is 458 g/mol. The Kier molecular flexibility index (Phi) is 7.14. The molecule has 0 atom stereocenters. The number of rotatable bonds is 10. The van der Waals surface area contributed by atoms with Gasteiger partial charge in [0.15, 0.2) is 17.2 Å². The molecular formula is C28H27N3O5. The van der Waals surface area contributed by atoms with Crippen molar-refractivity contribution >= 4 is 5.91 Å². The minimum absolute atomic E-state index is 0.232. The number of fused-ring (bicyclic) bond motifs is 1. The average molecular weight is 486 g/mol. The van der Waals surface area contributed by atoms with Crippen LogP contribution in [-0.4, -0.2) is 29.1 Å². The van der Waals surface area contributed by atoms with Crippen LogP contribution in [0.2, 0.25) is 0 Å². The molecule has 0 fully saturated rings. The van der Waals surface area contributed by atoms with Gasteiger partial charge in [-0.3, -0.25) is 9.69 Å². The molecule has 184 valence electrons. The Bertz CT molecular complexity index is 1320. The second kappa shape index (κ2) is 11.0. The highest BCUT2D eigenvalue weighted by Gasteiger charge is 2.18. The van der Waals surface area contributed by atoms with Crippen molar-refractivity contribution in [1.82, 2.24) is 15.2 Å². The first-order valence-electron chi connectivity index (χ1n) is 11.8. The van der Waals surface area contributed by atoms with E-state index in [0.717, 1.165) is 34.1 Å². The van der Waals surface area contributed by atoms with Gasteiger partial charge in [0.05, 0.1) is 6.54 Å². The predicted molar refractivity (Wildman–Crippen MR) is 133 cm³/mol. The molecule has 36 heavy (non-hydrogen) atoms. The van der Waals surface area contributed by atoms with Crippen molar-refractivity contribution in [1.29, 1.82) is 0 Å². The van der Waals surface area contributed by atoms with Gasteiger partial charge in [-0.15, -0.1) is 0 Å². The molecule has 0 radical (unpaired) electrons. The van der Waals surface area contributed by atoms with E-state index >= 15 is 0 Å². The number of nitrogens with zero attached hydrogens (tertiary/aromatic N) is 2. The van der Waals surface area contributed by atoms with Crippen LogP contribution < -0.4 is 19.5 Å². The Balaban J connectivity index is 1.35. The Morgan fingerprint density at radius 3 is 2.53 bits per heavy atom. The quantitative estimate of drug-likeness (QED) is 0.333. The van der Waals surface area contributed by atoms with Crippen molar-refractivity contribution in [3.63, 3.8) is 0 Å². The molecule has 1 aliphatic rings. The van der Waals surface area contributed by atoms with Gasteiger partial charge in [0, 0.05) is 19.6 Å². The van der Waals surface area contributed by atoms with Crippen LogP contribution in [0.25, 0.3) is 0 Å². The van der Waals surface area contributed by atoms with Gasteiger partial charge < -0.3 is 23.9 Å². The number of hydrogen-bond acceptors (Lipinski definition) is 7. The standard InChI is InChI=1S/C28H27N3O5/c1-2-29-28(32)24-18-33-27(30-24)17-31(16-21-11-12-25-26(14-21)35-19-34-25)15-20-7-6-10-23(13-20)36-22-8-4-3-5-9-22/h3-14,18H,2,15-17,19H2,1H3,(H,29,32). The van der Waals surface area contributed by atoms with E-state index in [1.165, 1.54) is 6.26 Å². The van der Waals surface area contributed by atoms with Gasteiger partial charge in [0.1, 0.15) is 17.8 Å². The summed E-state index contributed by atoms with van der Waals surface area (Å²) in [4.78, 5) is 18.7. The van der Waals surface area contributed by atoms with Gasteiger partial charge >= 0.3 is 0 Å². The first-order chi connectivity index (χ1) is 17.7. The lowest BCUT2D eigenvalue weighted by molar-refractivity contribution is 0.0950. The van der Waals surface area contributed by atoms with Gasteiger partial charge in [-0.1, -0.05) is 36.4 Å². The van der Waals surface area contributed by atoms with E-state index < -0.39 is 0 Å². The van der Waals surface area contributed by atoms with E-state index in [1.807, 2.05) is 73.7 Å². The SMILES string of the molecule is CCNC(=O)c1coc(CN(Cc2cccc(Oc3ccccc3)c2)Cc2ccc3c(c2)OCO3)n1.